The van der Waals surface area contributed by atoms with Gasteiger partial charge in [0.05, 0.1) is 5.69 Å². The van der Waals surface area contributed by atoms with E-state index in [0.29, 0.717) is 35.0 Å². The maximum Gasteiger partial charge on any atom is 0.277 e. The fourth-order valence-electron chi connectivity index (χ4n) is 3.28. The molecule has 25 heavy (non-hydrogen) atoms. The van der Waals surface area contributed by atoms with Crippen molar-refractivity contribution in [2.24, 2.45) is 0 Å². The second-order valence-corrected chi connectivity index (χ2v) is 6.51. The van der Waals surface area contributed by atoms with Gasteiger partial charge >= 0.3 is 0 Å². The van der Waals surface area contributed by atoms with E-state index >= 15 is 0 Å². The third-order valence-electron chi connectivity index (χ3n) is 4.56. The highest BCUT2D eigenvalue weighted by molar-refractivity contribution is 6.30. The lowest BCUT2D eigenvalue weighted by Crippen LogP contribution is -2.30. The first-order valence-electron chi connectivity index (χ1n) is 8.05. The number of aryl methyl sites for hydroxylation is 1. The van der Waals surface area contributed by atoms with Crippen molar-refractivity contribution in [1.29, 1.82) is 0 Å². The number of rotatable bonds is 3. The number of carbonyl (C=O) groups is 1. The highest BCUT2D eigenvalue weighted by Crippen LogP contribution is 2.30. The quantitative estimate of drug-likeness (QED) is 0.776. The number of H-pyrrole nitrogens is 1. The molecule has 0 atom stereocenters. The summed E-state index contributed by atoms with van der Waals surface area (Å²) in [5.74, 6) is 0.331. The van der Waals surface area contributed by atoms with Crippen LogP contribution in [0.25, 0.3) is 5.78 Å². The van der Waals surface area contributed by atoms with Gasteiger partial charge in [0.15, 0.2) is 0 Å². The molecule has 1 amide bonds. The zero-order valence-electron chi connectivity index (χ0n) is 13.6. The number of carbonyl (C=O) groups excluding carboxylic acids is 1. The van der Waals surface area contributed by atoms with Crippen molar-refractivity contribution in [3.63, 3.8) is 0 Å². The first-order chi connectivity index (χ1) is 12.0. The molecular formula is C17H16ClN5O2. The number of nitrogens with one attached hydrogen (secondary N) is 1. The number of hydrogen-bond donors (Lipinski definition) is 1. The number of fused-ring (bicyclic) bond motifs is 2. The summed E-state index contributed by atoms with van der Waals surface area (Å²) < 4.78 is 1.29. The van der Waals surface area contributed by atoms with Gasteiger partial charge < -0.3 is 4.90 Å². The molecule has 0 spiro atoms. The fourth-order valence-corrected chi connectivity index (χ4v) is 3.47. The Bertz CT molecular complexity index is 1040. The van der Waals surface area contributed by atoms with Gasteiger partial charge in [-0.15, -0.1) is 0 Å². The molecule has 7 nitrogen and oxygen atoms in total. The predicted molar refractivity (Wildman–Crippen MR) is 94.2 cm³/mol. The van der Waals surface area contributed by atoms with Crippen LogP contribution in [0, 0.1) is 6.92 Å². The van der Waals surface area contributed by atoms with E-state index in [2.05, 4.69) is 15.1 Å². The Morgan fingerprint density at radius 1 is 1.40 bits per heavy atom. The first kappa shape index (κ1) is 15.8. The van der Waals surface area contributed by atoms with Crippen molar-refractivity contribution < 1.29 is 4.79 Å². The smallest absolute Gasteiger partial charge is 0.277 e. The summed E-state index contributed by atoms with van der Waals surface area (Å²) in [5, 5.41) is 3.42. The molecule has 0 radical (unpaired) electrons. The molecule has 2 aromatic heterocycles. The number of aromatic nitrogens is 4. The molecule has 1 aliphatic heterocycles. The van der Waals surface area contributed by atoms with Crippen LogP contribution in [-0.4, -0.2) is 32.0 Å². The van der Waals surface area contributed by atoms with E-state index in [4.69, 9.17) is 11.6 Å². The summed E-state index contributed by atoms with van der Waals surface area (Å²) in [6.07, 6.45) is 2.81. The summed E-state index contributed by atoms with van der Waals surface area (Å²) >= 11 is 6.01. The molecule has 1 N–H and O–H groups in total. The van der Waals surface area contributed by atoms with Gasteiger partial charge in [0.2, 0.25) is 5.91 Å². The Balaban J connectivity index is 1.55. The van der Waals surface area contributed by atoms with E-state index in [1.807, 2.05) is 12.1 Å². The summed E-state index contributed by atoms with van der Waals surface area (Å²) in [5.41, 5.74) is 2.92. The van der Waals surface area contributed by atoms with Crippen LogP contribution in [0.15, 0.2) is 29.3 Å². The van der Waals surface area contributed by atoms with E-state index in [0.717, 1.165) is 17.7 Å². The summed E-state index contributed by atoms with van der Waals surface area (Å²) in [4.78, 5) is 35.2. The highest BCUT2D eigenvalue weighted by atomic mass is 35.5. The van der Waals surface area contributed by atoms with Crippen molar-refractivity contribution >= 4 is 29.0 Å². The van der Waals surface area contributed by atoms with Crippen LogP contribution in [0.4, 0.5) is 5.69 Å². The SMILES string of the molecule is Cc1nc2nc[nH]n2c(=O)c1CCC(=O)N1CCc2cc(Cl)ccc21. The Kier molecular flexibility index (Phi) is 3.80. The minimum Gasteiger partial charge on any atom is -0.312 e. The molecule has 1 aromatic carbocycles. The van der Waals surface area contributed by atoms with Gasteiger partial charge in [-0.1, -0.05) is 11.6 Å². The predicted octanol–water partition coefficient (Wildman–Crippen LogP) is 1.90. The van der Waals surface area contributed by atoms with Crippen LogP contribution < -0.4 is 10.5 Å². The molecule has 0 saturated carbocycles. The van der Waals surface area contributed by atoms with E-state index < -0.39 is 0 Å². The van der Waals surface area contributed by atoms with Gasteiger partial charge in [0.25, 0.3) is 11.3 Å². The molecule has 128 valence electrons. The zero-order valence-corrected chi connectivity index (χ0v) is 14.4. The molecule has 0 aliphatic carbocycles. The fraction of sp³-hybridized carbons (Fsp3) is 0.294. The third kappa shape index (κ3) is 2.70. The van der Waals surface area contributed by atoms with Crippen LogP contribution in [0.2, 0.25) is 5.02 Å². The van der Waals surface area contributed by atoms with Crippen molar-refractivity contribution in [2.75, 3.05) is 11.4 Å². The van der Waals surface area contributed by atoms with E-state index in [1.54, 1.807) is 17.9 Å². The van der Waals surface area contributed by atoms with Crippen molar-refractivity contribution in [3.05, 3.63) is 56.7 Å². The molecule has 0 bridgehead atoms. The molecule has 1 aliphatic rings. The zero-order chi connectivity index (χ0) is 17.6. The Morgan fingerprint density at radius 3 is 3.08 bits per heavy atom. The first-order valence-corrected chi connectivity index (χ1v) is 8.43. The molecule has 8 heteroatoms. The summed E-state index contributed by atoms with van der Waals surface area (Å²) in [6, 6.07) is 5.57. The van der Waals surface area contributed by atoms with E-state index in [-0.39, 0.29) is 17.9 Å². The second kappa shape index (κ2) is 6.00. The van der Waals surface area contributed by atoms with Gasteiger partial charge in [-0.25, -0.2) is 9.97 Å². The van der Waals surface area contributed by atoms with Gasteiger partial charge in [0.1, 0.15) is 6.33 Å². The highest BCUT2D eigenvalue weighted by Gasteiger charge is 2.25. The van der Waals surface area contributed by atoms with Gasteiger partial charge in [0, 0.05) is 29.2 Å². The van der Waals surface area contributed by atoms with Gasteiger partial charge in [-0.2, -0.15) is 4.52 Å². The number of benzene rings is 1. The minimum absolute atomic E-state index is 0.00502. The van der Waals surface area contributed by atoms with Crippen LogP contribution >= 0.6 is 11.6 Å². The number of aromatic amines is 1. The lowest BCUT2D eigenvalue weighted by atomic mass is 10.1. The van der Waals surface area contributed by atoms with Crippen LogP contribution in [-0.2, 0) is 17.6 Å². The van der Waals surface area contributed by atoms with Crippen molar-refractivity contribution in [3.8, 4) is 0 Å². The summed E-state index contributed by atoms with van der Waals surface area (Å²) in [6.45, 7) is 2.41. The number of amides is 1. The van der Waals surface area contributed by atoms with E-state index in [9.17, 15) is 9.59 Å². The van der Waals surface area contributed by atoms with Crippen molar-refractivity contribution in [1.82, 2.24) is 19.6 Å². The Hall–Kier alpha value is -2.67. The third-order valence-corrected chi connectivity index (χ3v) is 4.79. The number of anilines is 1. The maximum atomic E-state index is 12.6. The van der Waals surface area contributed by atoms with E-state index in [1.165, 1.54) is 10.8 Å². The van der Waals surface area contributed by atoms with Gasteiger partial charge in [-0.3, -0.25) is 14.7 Å². The minimum atomic E-state index is -0.207. The topological polar surface area (TPSA) is 83.4 Å². The number of nitrogens with zero attached hydrogens (tertiary/aromatic N) is 4. The van der Waals surface area contributed by atoms with Crippen LogP contribution in [0.5, 0.6) is 0 Å². The normalized spacial score (nSPS) is 13.4. The maximum absolute atomic E-state index is 12.6. The standard InChI is InChI=1S/C17H16ClN5O2/c1-10-13(16(25)23-17(21-10)19-9-20-23)3-5-15(24)22-7-6-11-8-12(18)2-4-14(11)22/h2,4,8-9H,3,5-7H2,1H3,(H,19,20,21). The molecule has 3 aromatic rings. The number of halogens is 1. The molecular weight excluding hydrogens is 342 g/mol. The molecule has 0 unspecified atom stereocenters. The largest absolute Gasteiger partial charge is 0.312 e. The molecule has 0 saturated heterocycles. The average molecular weight is 358 g/mol. The second-order valence-electron chi connectivity index (χ2n) is 6.07. The Morgan fingerprint density at radius 2 is 2.24 bits per heavy atom. The van der Waals surface area contributed by atoms with Crippen LogP contribution in [0.3, 0.4) is 0 Å². The molecule has 4 rings (SSSR count). The lowest BCUT2D eigenvalue weighted by Gasteiger charge is -2.17. The monoisotopic (exact) mass is 357 g/mol. The number of hydrogen-bond acceptors (Lipinski definition) is 4. The molecule has 0 fully saturated rings. The summed E-state index contributed by atoms with van der Waals surface area (Å²) in [7, 11) is 0. The molecule has 3 heterocycles. The van der Waals surface area contributed by atoms with Crippen LogP contribution in [0.1, 0.15) is 23.2 Å². The van der Waals surface area contributed by atoms with Gasteiger partial charge in [-0.05, 0) is 43.5 Å². The lowest BCUT2D eigenvalue weighted by molar-refractivity contribution is -0.118. The Labute approximate surface area is 148 Å². The van der Waals surface area contributed by atoms with Crippen molar-refractivity contribution in [2.45, 2.75) is 26.2 Å². The average Bonchev–Trinajstić information content (AvgIpc) is 3.20.